The number of carbonyl (C=O) groups is 1. The average molecular weight is 271 g/mol. The smallest absolute Gasteiger partial charge is 0.224 e. The molecule has 1 aromatic carbocycles. The molecule has 1 fully saturated rings. The monoisotopic (exact) mass is 270 g/mol. The highest BCUT2D eigenvalue weighted by Gasteiger charge is 2.25. The van der Waals surface area contributed by atoms with Gasteiger partial charge in [0.1, 0.15) is 5.75 Å². The Hall–Kier alpha value is -1.26. The highest BCUT2D eigenvalue weighted by molar-refractivity contribution is 5.91. The summed E-state index contributed by atoms with van der Waals surface area (Å²) in [5, 5.41) is 12.1. The fourth-order valence-corrected chi connectivity index (χ4v) is 2.35. The van der Waals surface area contributed by atoms with E-state index in [0.717, 1.165) is 19.3 Å². The van der Waals surface area contributed by atoms with Gasteiger partial charge in [-0.25, -0.2) is 0 Å². The molecule has 0 bridgehead atoms. The quantitative estimate of drug-likeness (QED) is 0.789. The molecule has 0 spiro atoms. The molecule has 0 heterocycles. The first kappa shape index (κ1) is 14.8. The van der Waals surface area contributed by atoms with Gasteiger partial charge in [-0.15, -0.1) is 12.4 Å². The van der Waals surface area contributed by atoms with Crippen molar-refractivity contribution >= 4 is 24.0 Å². The van der Waals surface area contributed by atoms with E-state index in [2.05, 4.69) is 5.32 Å². The van der Waals surface area contributed by atoms with Crippen LogP contribution in [0, 0.1) is 5.92 Å². The van der Waals surface area contributed by atoms with Crippen LogP contribution in [0.25, 0.3) is 0 Å². The van der Waals surface area contributed by atoms with E-state index in [1.54, 1.807) is 18.2 Å². The molecule has 4 N–H and O–H groups in total. The minimum Gasteiger partial charge on any atom is -0.508 e. The van der Waals surface area contributed by atoms with Gasteiger partial charge in [0.05, 0.1) is 0 Å². The first-order valence-corrected chi connectivity index (χ1v) is 5.99. The van der Waals surface area contributed by atoms with Crippen LogP contribution in [0.5, 0.6) is 5.75 Å². The van der Waals surface area contributed by atoms with Gasteiger partial charge in [-0.1, -0.05) is 12.5 Å². The Kier molecular flexibility index (Phi) is 5.44. The van der Waals surface area contributed by atoms with Crippen molar-refractivity contribution in [3.05, 3.63) is 24.3 Å². The summed E-state index contributed by atoms with van der Waals surface area (Å²) in [5.41, 5.74) is 6.55. The first-order chi connectivity index (χ1) is 8.15. The lowest BCUT2D eigenvalue weighted by Crippen LogP contribution is -2.28. The second kappa shape index (κ2) is 6.61. The SMILES string of the molecule is Cl.N[C@@H]1CCC[C@H]1CC(=O)Nc1cccc(O)c1. The van der Waals surface area contributed by atoms with E-state index in [0.29, 0.717) is 18.0 Å². The maximum absolute atomic E-state index is 11.8. The Morgan fingerprint density at radius 3 is 2.83 bits per heavy atom. The van der Waals surface area contributed by atoms with E-state index in [1.807, 2.05) is 0 Å². The van der Waals surface area contributed by atoms with Crippen LogP contribution in [0.4, 0.5) is 5.69 Å². The van der Waals surface area contributed by atoms with Gasteiger partial charge in [-0.2, -0.15) is 0 Å². The molecule has 1 saturated carbocycles. The second-order valence-electron chi connectivity index (χ2n) is 4.66. The van der Waals surface area contributed by atoms with E-state index in [-0.39, 0.29) is 30.1 Å². The zero-order valence-electron chi connectivity index (χ0n) is 10.1. The molecule has 0 aromatic heterocycles. The molecule has 100 valence electrons. The molecule has 1 aliphatic rings. The first-order valence-electron chi connectivity index (χ1n) is 5.99. The highest BCUT2D eigenvalue weighted by Crippen LogP contribution is 2.27. The van der Waals surface area contributed by atoms with E-state index >= 15 is 0 Å². The Morgan fingerprint density at radius 2 is 2.22 bits per heavy atom. The minimum atomic E-state index is -0.0297. The number of anilines is 1. The van der Waals surface area contributed by atoms with Crippen LogP contribution in [0.2, 0.25) is 0 Å². The van der Waals surface area contributed by atoms with Crippen LogP contribution in [-0.4, -0.2) is 17.1 Å². The third kappa shape index (κ3) is 3.89. The molecule has 0 unspecified atom stereocenters. The van der Waals surface area contributed by atoms with Gasteiger partial charge in [0.2, 0.25) is 5.91 Å². The maximum Gasteiger partial charge on any atom is 0.224 e. The molecule has 1 aliphatic carbocycles. The topological polar surface area (TPSA) is 75.4 Å². The van der Waals surface area contributed by atoms with Crippen LogP contribution < -0.4 is 11.1 Å². The number of phenolic OH excluding ortho intramolecular Hbond substituents is 1. The standard InChI is InChI=1S/C13H18N2O2.ClH/c14-12-6-1-3-9(12)7-13(17)15-10-4-2-5-11(16)8-10;/h2,4-5,8-9,12,16H,1,3,6-7,14H2,(H,15,17);1H/t9-,12+;/m0./s1. The molecular formula is C13H19ClN2O2. The molecule has 1 aromatic rings. The Bertz CT molecular complexity index is 412. The van der Waals surface area contributed by atoms with E-state index in [1.165, 1.54) is 6.07 Å². The summed E-state index contributed by atoms with van der Waals surface area (Å²) in [6.45, 7) is 0. The normalized spacial score (nSPS) is 22.3. The molecule has 0 aliphatic heterocycles. The van der Waals surface area contributed by atoms with Crippen LogP contribution in [0.1, 0.15) is 25.7 Å². The Balaban J connectivity index is 0.00000162. The molecule has 4 nitrogen and oxygen atoms in total. The lowest BCUT2D eigenvalue weighted by Gasteiger charge is -2.14. The van der Waals surface area contributed by atoms with E-state index in [9.17, 15) is 9.90 Å². The van der Waals surface area contributed by atoms with Gasteiger partial charge in [0.25, 0.3) is 0 Å². The zero-order valence-corrected chi connectivity index (χ0v) is 11.0. The molecule has 1 amide bonds. The van der Waals surface area contributed by atoms with Crippen molar-refractivity contribution < 1.29 is 9.90 Å². The van der Waals surface area contributed by atoms with Gasteiger partial charge in [-0.3, -0.25) is 4.79 Å². The summed E-state index contributed by atoms with van der Waals surface area (Å²) in [7, 11) is 0. The number of rotatable bonds is 3. The van der Waals surface area contributed by atoms with Crippen LogP contribution in [0.15, 0.2) is 24.3 Å². The van der Waals surface area contributed by atoms with Crippen molar-refractivity contribution in [1.29, 1.82) is 0 Å². The molecule has 2 rings (SSSR count). The number of benzene rings is 1. The fourth-order valence-electron chi connectivity index (χ4n) is 2.35. The van der Waals surface area contributed by atoms with Crippen molar-refractivity contribution in [3.8, 4) is 5.75 Å². The van der Waals surface area contributed by atoms with Gasteiger partial charge >= 0.3 is 0 Å². The lowest BCUT2D eigenvalue weighted by atomic mass is 10.00. The molecule has 5 heteroatoms. The number of nitrogens with one attached hydrogen (secondary N) is 1. The van der Waals surface area contributed by atoms with Crippen molar-refractivity contribution in [2.24, 2.45) is 11.7 Å². The van der Waals surface area contributed by atoms with Crippen LogP contribution >= 0.6 is 12.4 Å². The Morgan fingerprint density at radius 1 is 1.44 bits per heavy atom. The number of carbonyl (C=O) groups excluding carboxylic acids is 1. The summed E-state index contributed by atoms with van der Waals surface area (Å²) in [4.78, 5) is 11.8. The molecular weight excluding hydrogens is 252 g/mol. The molecule has 18 heavy (non-hydrogen) atoms. The predicted molar refractivity (Wildman–Crippen MR) is 73.9 cm³/mol. The summed E-state index contributed by atoms with van der Waals surface area (Å²) in [6.07, 6.45) is 3.64. The number of nitrogens with two attached hydrogens (primary N) is 1. The van der Waals surface area contributed by atoms with Gasteiger partial charge in [-0.05, 0) is 30.9 Å². The van der Waals surface area contributed by atoms with Crippen molar-refractivity contribution in [1.82, 2.24) is 0 Å². The number of phenols is 1. The van der Waals surface area contributed by atoms with E-state index in [4.69, 9.17) is 5.73 Å². The number of amides is 1. The molecule has 0 saturated heterocycles. The van der Waals surface area contributed by atoms with Crippen molar-refractivity contribution in [2.75, 3.05) is 5.32 Å². The Labute approximate surface area is 113 Å². The van der Waals surface area contributed by atoms with Crippen molar-refractivity contribution in [2.45, 2.75) is 31.7 Å². The summed E-state index contributed by atoms with van der Waals surface area (Å²) in [6, 6.07) is 6.72. The number of halogens is 1. The van der Waals surface area contributed by atoms with Gasteiger partial charge < -0.3 is 16.2 Å². The number of aromatic hydroxyl groups is 1. The lowest BCUT2D eigenvalue weighted by molar-refractivity contribution is -0.117. The maximum atomic E-state index is 11.8. The van der Waals surface area contributed by atoms with Gasteiger partial charge in [0, 0.05) is 24.2 Å². The predicted octanol–water partition coefficient (Wildman–Crippen LogP) is 2.27. The number of hydrogen-bond donors (Lipinski definition) is 3. The van der Waals surface area contributed by atoms with Crippen LogP contribution in [-0.2, 0) is 4.79 Å². The minimum absolute atomic E-state index is 0. The fraction of sp³-hybridized carbons (Fsp3) is 0.462. The zero-order chi connectivity index (χ0) is 12.3. The largest absolute Gasteiger partial charge is 0.508 e. The third-order valence-corrected chi connectivity index (χ3v) is 3.30. The third-order valence-electron chi connectivity index (χ3n) is 3.30. The summed E-state index contributed by atoms with van der Waals surface area (Å²) >= 11 is 0. The molecule has 0 radical (unpaired) electrons. The van der Waals surface area contributed by atoms with Gasteiger partial charge in [0.15, 0.2) is 0 Å². The molecule has 2 atom stereocenters. The van der Waals surface area contributed by atoms with E-state index < -0.39 is 0 Å². The highest BCUT2D eigenvalue weighted by atomic mass is 35.5. The summed E-state index contributed by atoms with van der Waals surface area (Å²) < 4.78 is 0. The second-order valence-corrected chi connectivity index (χ2v) is 4.66. The average Bonchev–Trinajstić information content (AvgIpc) is 2.64. The van der Waals surface area contributed by atoms with Crippen LogP contribution in [0.3, 0.4) is 0 Å². The number of hydrogen-bond acceptors (Lipinski definition) is 3. The van der Waals surface area contributed by atoms with Crippen molar-refractivity contribution in [3.63, 3.8) is 0 Å². The summed E-state index contributed by atoms with van der Waals surface area (Å²) in [5.74, 6) is 0.422.